The molecule has 2 fully saturated rings. The molecule has 2 aliphatic rings. The highest BCUT2D eigenvalue weighted by Gasteiger charge is 2.27. The predicted octanol–water partition coefficient (Wildman–Crippen LogP) is 2.12. The first kappa shape index (κ1) is 20.6. The van der Waals surface area contributed by atoms with E-state index in [0.717, 1.165) is 64.1 Å². The lowest BCUT2D eigenvalue weighted by molar-refractivity contribution is 0.1000. The highest BCUT2D eigenvalue weighted by molar-refractivity contribution is 5.96. The zero-order valence-electron chi connectivity index (χ0n) is 17.1. The number of anilines is 1. The van der Waals surface area contributed by atoms with E-state index >= 15 is 0 Å². The summed E-state index contributed by atoms with van der Waals surface area (Å²) in [5, 5.41) is 3.01. The third-order valence-corrected chi connectivity index (χ3v) is 6.03. The number of likely N-dealkylation sites (tertiary alicyclic amines) is 1. The van der Waals surface area contributed by atoms with Crippen molar-refractivity contribution in [1.29, 1.82) is 0 Å². The van der Waals surface area contributed by atoms with Crippen LogP contribution in [-0.4, -0.2) is 79.0 Å². The van der Waals surface area contributed by atoms with Gasteiger partial charge >= 0.3 is 6.03 Å². The van der Waals surface area contributed by atoms with Gasteiger partial charge in [0.15, 0.2) is 0 Å². The number of carbonyl (C=O) groups is 2. The van der Waals surface area contributed by atoms with Gasteiger partial charge in [-0.3, -0.25) is 4.79 Å². The third kappa shape index (κ3) is 5.23. The summed E-state index contributed by atoms with van der Waals surface area (Å²) in [5.41, 5.74) is 7.36. The first-order chi connectivity index (χ1) is 13.4. The molecule has 1 aromatic rings. The fourth-order valence-electron chi connectivity index (χ4n) is 4.07. The molecule has 3 amide bonds. The second-order valence-electron chi connectivity index (χ2n) is 8.10. The van der Waals surface area contributed by atoms with Crippen LogP contribution in [0.4, 0.5) is 10.5 Å². The van der Waals surface area contributed by atoms with Gasteiger partial charge in [0.25, 0.3) is 0 Å². The molecule has 3 rings (SSSR count). The maximum atomic E-state index is 13.0. The van der Waals surface area contributed by atoms with Crippen LogP contribution in [0.1, 0.15) is 41.6 Å². The minimum atomic E-state index is -0.487. The highest BCUT2D eigenvalue weighted by atomic mass is 16.2. The molecule has 0 radical (unpaired) electrons. The minimum absolute atomic E-state index is 0.0761. The number of carbonyl (C=O) groups excluding carboxylic acids is 2. The van der Waals surface area contributed by atoms with Crippen LogP contribution in [0.3, 0.4) is 0 Å². The molecule has 2 aliphatic heterocycles. The van der Waals surface area contributed by atoms with Crippen molar-refractivity contribution in [2.24, 2.45) is 5.73 Å². The Morgan fingerprint density at radius 3 is 2.61 bits per heavy atom. The summed E-state index contributed by atoms with van der Waals surface area (Å²) in [6, 6.07) is 5.36. The van der Waals surface area contributed by atoms with Crippen molar-refractivity contribution in [2.75, 3.05) is 51.6 Å². The van der Waals surface area contributed by atoms with Gasteiger partial charge in [0, 0.05) is 56.6 Å². The predicted molar refractivity (Wildman–Crippen MR) is 112 cm³/mol. The molecule has 0 aliphatic carbocycles. The van der Waals surface area contributed by atoms with Crippen LogP contribution < -0.4 is 11.1 Å². The molecule has 7 heteroatoms. The Hall–Kier alpha value is -2.12. The number of piperidine rings is 1. The van der Waals surface area contributed by atoms with Crippen LogP contribution in [0.15, 0.2) is 18.2 Å². The number of urea groups is 1. The Labute approximate surface area is 167 Å². The fourth-order valence-corrected chi connectivity index (χ4v) is 4.07. The summed E-state index contributed by atoms with van der Waals surface area (Å²) in [6.07, 6.45) is 4.28. The van der Waals surface area contributed by atoms with Gasteiger partial charge in [-0.25, -0.2) is 4.79 Å². The van der Waals surface area contributed by atoms with E-state index in [1.54, 1.807) is 12.1 Å². The van der Waals surface area contributed by atoms with Crippen LogP contribution in [0, 0.1) is 6.92 Å². The number of likely N-dealkylation sites (N-methyl/N-ethyl adjacent to an activating group) is 1. The van der Waals surface area contributed by atoms with Crippen LogP contribution in [0.25, 0.3) is 0 Å². The smallest absolute Gasteiger partial charge is 0.322 e. The van der Waals surface area contributed by atoms with Crippen LogP contribution in [-0.2, 0) is 0 Å². The van der Waals surface area contributed by atoms with E-state index in [9.17, 15) is 9.59 Å². The standard InChI is InChI=1S/C21H33N5O2/c1-16-6-7-17(20(22)27)15-19(16)23-21(28)26-9-4-3-5-18(26)8-10-25-13-11-24(2)12-14-25/h6-7,15,18H,3-5,8-14H2,1-2H3,(H2,22,27)(H,23,28). The maximum Gasteiger partial charge on any atom is 0.322 e. The van der Waals surface area contributed by atoms with Crippen molar-refractivity contribution >= 4 is 17.6 Å². The monoisotopic (exact) mass is 387 g/mol. The summed E-state index contributed by atoms with van der Waals surface area (Å²) >= 11 is 0. The van der Waals surface area contributed by atoms with E-state index in [1.165, 1.54) is 6.42 Å². The number of hydrogen-bond acceptors (Lipinski definition) is 4. The molecule has 7 nitrogen and oxygen atoms in total. The Morgan fingerprint density at radius 1 is 1.14 bits per heavy atom. The van der Waals surface area contributed by atoms with E-state index in [2.05, 4.69) is 22.2 Å². The fraction of sp³-hybridized carbons (Fsp3) is 0.619. The Balaban J connectivity index is 1.60. The lowest BCUT2D eigenvalue weighted by Gasteiger charge is -2.38. The van der Waals surface area contributed by atoms with Gasteiger partial charge in [-0.05, 0) is 57.4 Å². The van der Waals surface area contributed by atoms with Gasteiger partial charge in [-0.1, -0.05) is 6.07 Å². The number of rotatable bonds is 5. The maximum absolute atomic E-state index is 13.0. The molecule has 2 saturated heterocycles. The Bertz CT molecular complexity index is 700. The molecule has 0 spiro atoms. The van der Waals surface area contributed by atoms with Gasteiger partial charge in [0.05, 0.1) is 0 Å². The van der Waals surface area contributed by atoms with Gasteiger partial charge in [-0.15, -0.1) is 0 Å². The average Bonchev–Trinajstić information content (AvgIpc) is 2.69. The molecular weight excluding hydrogens is 354 g/mol. The lowest BCUT2D eigenvalue weighted by atomic mass is 9.99. The average molecular weight is 388 g/mol. The first-order valence-electron chi connectivity index (χ1n) is 10.3. The van der Waals surface area contributed by atoms with Gasteiger partial charge < -0.3 is 25.8 Å². The summed E-state index contributed by atoms with van der Waals surface area (Å²) in [5.74, 6) is -0.487. The summed E-state index contributed by atoms with van der Waals surface area (Å²) in [7, 11) is 2.17. The lowest BCUT2D eigenvalue weighted by Crippen LogP contribution is -2.49. The van der Waals surface area contributed by atoms with Crippen LogP contribution in [0.2, 0.25) is 0 Å². The summed E-state index contributed by atoms with van der Waals surface area (Å²) < 4.78 is 0. The number of aryl methyl sites for hydroxylation is 1. The number of nitrogens with one attached hydrogen (secondary N) is 1. The second kappa shape index (κ2) is 9.39. The number of hydrogen-bond donors (Lipinski definition) is 2. The molecule has 2 heterocycles. The SMILES string of the molecule is Cc1ccc(C(N)=O)cc1NC(=O)N1CCCCC1CCN1CCN(C)CC1. The van der Waals surface area contributed by atoms with Crippen molar-refractivity contribution in [3.05, 3.63) is 29.3 Å². The quantitative estimate of drug-likeness (QED) is 0.811. The topological polar surface area (TPSA) is 81.9 Å². The molecule has 0 bridgehead atoms. The largest absolute Gasteiger partial charge is 0.366 e. The normalized spacial score (nSPS) is 21.5. The number of piperazine rings is 1. The molecule has 0 aromatic heterocycles. The zero-order chi connectivity index (χ0) is 20.1. The molecule has 28 heavy (non-hydrogen) atoms. The molecule has 3 N–H and O–H groups in total. The number of primary amides is 1. The van der Waals surface area contributed by atoms with E-state index < -0.39 is 5.91 Å². The van der Waals surface area contributed by atoms with E-state index in [-0.39, 0.29) is 12.1 Å². The first-order valence-corrected chi connectivity index (χ1v) is 10.3. The number of benzene rings is 1. The van der Waals surface area contributed by atoms with Crippen molar-refractivity contribution in [1.82, 2.24) is 14.7 Å². The highest BCUT2D eigenvalue weighted by Crippen LogP contribution is 2.23. The van der Waals surface area contributed by atoms with Crippen molar-refractivity contribution in [3.8, 4) is 0 Å². The molecule has 154 valence electrons. The number of nitrogens with zero attached hydrogens (tertiary/aromatic N) is 3. The minimum Gasteiger partial charge on any atom is -0.366 e. The molecule has 1 aromatic carbocycles. The molecule has 0 saturated carbocycles. The number of nitrogens with two attached hydrogens (primary N) is 1. The third-order valence-electron chi connectivity index (χ3n) is 6.03. The van der Waals surface area contributed by atoms with Gasteiger partial charge in [0.2, 0.25) is 5.91 Å². The van der Waals surface area contributed by atoms with Gasteiger partial charge in [0.1, 0.15) is 0 Å². The van der Waals surface area contributed by atoms with Gasteiger partial charge in [-0.2, -0.15) is 0 Å². The summed E-state index contributed by atoms with van der Waals surface area (Å²) in [4.78, 5) is 31.3. The Kier molecular flexibility index (Phi) is 6.91. The zero-order valence-corrected chi connectivity index (χ0v) is 17.1. The van der Waals surface area contributed by atoms with Crippen molar-refractivity contribution in [2.45, 2.75) is 38.6 Å². The van der Waals surface area contributed by atoms with Crippen molar-refractivity contribution < 1.29 is 9.59 Å². The number of amides is 3. The van der Waals surface area contributed by atoms with E-state index in [0.29, 0.717) is 11.3 Å². The second-order valence-corrected chi connectivity index (χ2v) is 8.10. The Morgan fingerprint density at radius 2 is 1.89 bits per heavy atom. The molecular formula is C21H33N5O2. The van der Waals surface area contributed by atoms with E-state index in [1.807, 2.05) is 17.9 Å². The molecule has 1 atom stereocenters. The summed E-state index contributed by atoms with van der Waals surface area (Å²) in [6.45, 7) is 8.19. The van der Waals surface area contributed by atoms with E-state index in [4.69, 9.17) is 5.73 Å². The van der Waals surface area contributed by atoms with Crippen LogP contribution >= 0.6 is 0 Å². The van der Waals surface area contributed by atoms with Crippen molar-refractivity contribution in [3.63, 3.8) is 0 Å². The van der Waals surface area contributed by atoms with Crippen LogP contribution in [0.5, 0.6) is 0 Å². The molecule has 1 unspecified atom stereocenters.